The molecule has 5 heteroatoms. The number of hydrogen-bond acceptors (Lipinski definition) is 5. The standard InChI is InChI=1S/C29H46O5/c1-4-5-8-15-29(2,3)26(34-28-12-7-10-17-32-28)14-13-23-24-20-22(30)18-21(24)19-25(23)33-27-11-6-9-16-31-27/h5,8,13-14,21,23-28H,4,6-7,9-12,15-20H2,1-3H3/t21-,23-,24-,25+,26-,27?,28?/m0/s1. The fraction of sp³-hybridized carbons (Fsp3) is 0.828. The maximum Gasteiger partial charge on any atom is 0.158 e. The maximum atomic E-state index is 12.3. The average molecular weight is 475 g/mol. The van der Waals surface area contributed by atoms with Crippen LogP contribution in [0.1, 0.15) is 91.4 Å². The Hall–Kier alpha value is -1.01. The lowest BCUT2D eigenvalue weighted by molar-refractivity contribution is -0.197. The van der Waals surface area contributed by atoms with Gasteiger partial charge >= 0.3 is 0 Å². The molecule has 0 aromatic heterocycles. The van der Waals surface area contributed by atoms with Gasteiger partial charge in [-0.3, -0.25) is 4.79 Å². The van der Waals surface area contributed by atoms with Crippen molar-refractivity contribution in [2.24, 2.45) is 23.2 Å². The Morgan fingerprint density at radius 1 is 1.03 bits per heavy atom. The SMILES string of the molecule is CCC=CCC(C)(C)[C@H](C=C[C@H]1[C@H]2CC(=O)C[C@H]2C[C@H]1OC1CCCCO1)OC1CCCCO1. The second-order valence-corrected chi connectivity index (χ2v) is 11.5. The third-order valence-corrected chi connectivity index (χ3v) is 8.24. The van der Waals surface area contributed by atoms with Crippen molar-refractivity contribution in [2.45, 2.75) is 116 Å². The van der Waals surface area contributed by atoms with Gasteiger partial charge in [0.05, 0.1) is 12.2 Å². The molecule has 0 amide bonds. The quantitative estimate of drug-likeness (QED) is 0.345. The van der Waals surface area contributed by atoms with Crippen LogP contribution in [0, 0.1) is 23.2 Å². The van der Waals surface area contributed by atoms with Gasteiger partial charge in [-0.2, -0.15) is 0 Å². The molecule has 2 unspecified atom stereocenters. The molecular formula is C29H46O5. The highest BCUT2D eigenvalue weighted by Gasteiger charge is 2.48. The molecular weight excluding hydrogens is 428 g/mol. The van der Waals surface area contributed by atoms with Crippen LogP contribution in [-0.4, -0.2) is 43.8 Å². The average Bonchev–Trinajstić information content (AvgIpc) is 3.33. The van der Waals surface area contributed by atoms with E-state index in [1.807, 2.05) is 0 Å². The van der Waals surface area contributed by atoms with E-state index < -0.39 is 0 Å². The van der Waals surface area contributed by atoms with Crippen molar-refractivity contribution < 1.29 is 23.7 Å². The van der Waals surface area contributed by atoms with Gasteiger partial charge < -0.3 is 18.9 Å². The normalized spacial score (nSPS) is 35.9. The Labute approximate surface area is 206 Å². The summed E-state index contributed by atoms with van der Waals surface area (Å²) in [6, 6.07) is 0. The Kier molecular flexibility index (Phi) is 9.42. The minimum Gasteiger partial charge on any atom is -0.353 e. The third-order valence-electron chi connectivity index (χ3n) is 8.24. The molecule has 0 aromatic rings. The number of rotatable bonds is 10. The second kappa shape index (κ2) is 12.3. The van der Waals surface area contributed by atoms with Crippen LogP contribution in [0.5, 0.6) is 0 Å². The van der Waals surface area contributed by atoms with E-state index in [1.54, 1.807) is 0 Å². The summed E-state index contributed by atoms with van der Waals surface area (Å²) in [4.78, 5) is 12.3. The van der Waals surface area contributed by atoms with Gasteiger partial charge in [-0.05, 0) is 75.0 Å². The summed E-state index contributed by atoms with van der Waals surface area (Å²) in [5.74, 6) is 1.47. The Morgan fingerprint density at radius 2 is 1.76 bits per heavy atom. The van der Waals surface area contributed by atoms with Crippen LogP contribution < -0.4 is 0 Å². The number of carbonyl (C=O) groups excluding carboxylic acids is 1. The Balaban J connectivity index is 1.50. The van der Waals surface area contributed by atoms with Crippen molar-refractivity contribution in [2.75, 3.05) is 13.2 Å². The summed E-state index contributed by atoms with van der Waals surface area (Å²) in [6.07, 6.45) is 19.8. The van der Waals surface area contributed by atoms with Crippen molar-refractivity contribution in [3.63, 3.8) is 0 Å². The van der Waals surface area contributed by atoms with Gasteiger partial charge in [0.1, 0.15) is 5.78 Å². The van der Waals surface area contributed by atoms with Crippen LogP contribution in [0.25, 0.3) is 0 Å². The molecule has 0 spiro atoms. The topological polar surface area (TPSA) is 54.0 Å². The van der Waals surface area contributed by atoms with Gasteiger partial charge in [0.2, 0.25) is 0 Å². The lowest BCUT2D eigenvalue weighted by atomic mass is 9.81. The summed E-state index contributed by atoms with van der Waals surface area (Å²) in [5, 5.41) is 0. The maximum absolute atomic E-state index is 12.3. The molecule has 0 bridgehead atoms. The van der Waals surface area contributed by atoms with Crippen molar-refractivity contribution in [3.05, 3.63) is 24.3 Å². The largest absolute Gasteiger partial charge is 0.353 e. The lowest BCUT2D eigenvalue weighted by Gasteiger charge is -2.36. The minimum atomic E-state index is -0.134. The highest BCUT2D eigenvalue weighted by atomic mass is 16.7. The van der Waals surface area contributed by atoms with E-state index >= 15 is 0 Å². The van der Waals surface area contributed by atoms with Gasteiger partial charge in [-0.25, -0.2) is 0 Å². The highest BCUT2D eigenvalue weighted by molar-refractivity contribution is 5.81. The van der Waals surface area contributed by atoms with E-state index in [9.17, 15) is 4.79 Å². The van der Waals surface area contributed by atoms with Crippen molar-refractivity contribution >= 4 is 5.78 Å². The van der Waals surface area contributed by atoms with Gasteiger partial charge in [0, 0.05) is 32.0 Å². The van der Waals surface area contributed by atoms with Crippen molar-refractivity contribution in [3.8, 4) is 0 Å². The zero-order valence-corrected chi connectivity index (χ0v) is 21.6. The van der Waals surface area contributed by atoms with E-state index in [0.717, 1.165) is 64.6 Å². The van der Waals surface area contributed by atoms with Crippen LogP contribution in [0.4, 0.5) is 0 Å². The van der Waals surface area contributed by atoms with Gasteiger partial charge in [-0.15, -0.1) is 0 Å². The predicted molar refractivity (Wildman–Crippen MR) is 133 cm³/mol. The zero-order valence-electron chi connectivity index (χ0n) is 21.6. The summed E-state index contributed by atoms with van der Waals surface area (Å²) >= 11 is 0. The minimum absolute atomic E-state index is 0.0557. The van der Waals surface area contributed by atoms with Crippen LogP contribution in [0.2, 0.25) is 0 Å². The monoisotopic (exact) mass is 474 g/mol. The molecule has 0 radical (unpaired) electrons. The number of fused-ring (bicyclic) bond motifs is 1. The number of Topliss-reactive ketones (excluding diaryl/α,β-unsaturated/α-hetero) is 1. The van der Waals surface area contributed by atoms with Crippen molar-refractivity contribution in [1.29, 1.82) is 0 Å². The molecule has 4 fully saturated rings. The van der Waals surface area contributed by atoms with Crippen LogP contribution >= 0.6 is 0 Å². The molecule has 4 rings (SSSR count). The van der Waals surface area contributed by atoms with Crippen LogP contribution in [-0.2, 0) is 23.7 Å². The summed E-state index contributed by atoms with van der Waals surface area (Å²) in [7, 11) is 0. The first-order valence-electron chi connectivity index (χ1n) is 13.9. The molecule has 2 aliphatic carbocycles. The van der Waals surface area contributed by atoms with Crippen LogP contribution in [0.15, 0.2) is 24.3 Å². The highest BCUT2D eigenvalue weighted by Crippen LogP contribution is 2.49. The fourth-order valence-electron chi connectivity index (χ4n) is 6.19. The Morgan fingerprint density at radius 3 is 2.44 bits per heavy atom. The summed E-state index contributed by atoms with van der Waals surface area (Å²) in [5.41, 5.74) is -0.0602. The van der Waals surface area contributed by atoms with Crippen molar-refractivity contribution in [1.82, 2.24) is 0 Å². The molecule has 2 heterocycles. The molecule has 2 saturated carbocycles. The molecule has 0 N–H and O–H groups in total. The van der Waals surface area contributed by atoms with E-state index in [0.29, 0.717) is 30.5 Å². The molecule has 0 aromatic carbocycles. The molecule has 192 valence electrons. The number of ether oxygens (including phenoxy) is 4. The molecule has 2 aliphatic heterocycles. The smallest absolute Gasteiger partial charge is 0.158 e. The molecule has 7 atom stereocenters. The number of hydrogen-bond donors (Lipinski definition) is 0. The first-order valence-corrected chi connectivity index (χ1v) is 13.9. The van der Waals surface area contributed by atoms with E-state index in [2.05, 4.69) is 45.1 Å². The molecule has 34 heavy (non-hydrogen) atoms. The molecule has 4 aliphatic rings. The first kappa shape index (κ1) is 26.1. The first-order chi connectivity index (χ1) is 16.5. The number of ketones is 1. The lowest BCUT2D eigenvalue weighted by Crippen LogP contribution is -2.36. The number of carbonyl (C=O) groups is 1. The van der Waals surface area contributed by atoms with Crippen LogP contribution in [0.3, 0.4) is 0 Å². The van der Waals surface area contributed by atoms with E-state index in [4.69, 9.17) is 18.9 Å². The Bertz CT molecular complexity index is 701. The second-order valence-electron chi connectivity index (χ2n) is 11.5. The third kappa shape index (κ3) is 6.81. The molecule has 5 nitrogen and oxygen atoms in total. The zero-order chi connectivity index (χ0) is 24.0. The number of allylic oxidation sites excluding steroid dienone is 2. The van der Waals surface area contributed by atoms with E-state index in [-0.39, 0.29) is 36.1 Å². The predicted octanol–water partition coefficient (Wildman–Crippen LogP) is 6.36. The van der Waals surface area contributed by atoms with Gasteiger partial charge in [0.25, 0.3) is 0 Å². The summed E-state index contributed by atoms with van der Waals surface area (Å²) < 4.78 is 25.0. The summed E-state index contributed by atoms with van der Waals surface area (Å²) in [6.45, 7) is 8.31. The fourth-order valence-corrected chi connectivity index (χ4v) is 6.19. The van der Waals surface area contributed by atoms with Gasteiger partial charge in [-0.1, -0.05) is 45.1 Å². The van der Waals surface area contributed by atoms with Gasteiger partial charge in [0.15, 0.2) is 12.6 Å². The van der Waals surface area contributed by atoms with E-state index in [1.165, 1.54) is 6.42 Å². The molecule has 2 saturated heterocycles.